The molecule has 0 aliphatic rings. The smallest absolute Gasteiger partial charge is 0.134 e. The minimum absolute atomic E-state index is 0.697. The van der Waals surface area contributed by atoms with Gasteiger partial charge in [-0.2, -0.15) is 0 Å². The number of anilines is 1. The highest BCUT2D eigenvalue weighted by molar-refractivity contribution is 14.1. The summed E-state index contributed by atoms with van der Waals surface area (Å²) in [7, 11) is 0. The minimum atomic E-state index is 0.697. The van der Waals surface area contributed by atoms with Crippen LogP contribution >= 0.6 is 33.9 Å². The Hall–Kier alpha value is -0.490. The van der Waals surface area contributed by atoms with Crippen LogP contribution in [0.4, 0.5) is 5.69 Å². The van der Waals surface area contributed by atoms with Gasteiger partial charge in [-0.1, -0.05) is 0 Å². The van der Waals surface area contributed by atoms with Gasteiger partial charge >= 0.3 is 0 Å². The molecule has 0 saturated carbocycles. The number of thiophene rings is 1. The van der Waals surface area contributed by atoms with Crippen LogP contribution in [-0.2, 0) is 0 Å². The molecule has 2 N–H and O–H groups in total. The topological polar surface area (TPSA) is 35.2 Å². The quantitative estimate of drug-likeness (QED) is 0.860. The number of rotatable bonds is 2. The van der Waals surface area contributed by atoms with Gasteiger partial charge in [0, 0.05) is 10.8 Å². The summed E-state index contributed by atoms with van der Waals surface area (Å²) in [6.07, 6.45) is 0. The zero-order valence-corrected chi connectivity index (χ0v) is 10.7. The molecule has 2 aromatic rings. The molecule has 0 saturated heterocycles. The van der Waals surface area contributed by atoms with Crippen molar-refractivity contribution >= 4 is 49.7 Å². The number of nitrogen functional groups attached to an aromatic ring is 1. The summed E-state index contributed by atoms with van der Waals surface area (Å²) in [5.74, 6) is 0.947. The molecular formula is C10H10INOS. The van der Waals surface area contributed by atoms with Crippen LogP contribution in [0.2, 0.25) is 0 Å². The molecular weight excluding hydrogens is 309 g/mol. The molecule has 2 rings (SSSR count). The number of nitrogens with two attached hydrogens (primary N) is 1. The molecule has 4 heteroatoms. The predicted molar refractivity (Wildman–Crippen MR) is 70.1 cm³/mol. The maximum absolute atomic E-state index is 5.84. The Bertz CT molecular complexity index is 466. The maximum Gasteiger partial charge on any atom is 0.134 e. The molecule has 0 radical (unpaired) electrons. The molecule has 74 valence electrons. The largest absolute Gasteiger partial charge is 0.493 e. The van der Waals surface area contributed by atoms with Crippen LogP contribution in [0.1, 0.15) is 6.92 Å². The molecule has 14 heavy (non-hydrogen) atoms. The van der Waals surface area contributed by atoms with Gasteiger partial charge in [-0.05, 0) is 41.6 Å². The molecule has 0 bridgehead atoms. The van der Waals surface area contributed by atoms with E-state index in [0.29, 0.717) is 6.61 Å². The van der Waals surface area contributed by atoms with E-state index >= 15 is 0 Å². The van der Waals surface area contributed by atoms with Crippen molar-refractivity contribution < 1.29 is 4.74 Å². The summed E-state index contributed by atoms with van der Waals surface area (Å²) >= 11 is 3.97. The third kappa shape index (κ3) is 1.56. The highest BCUT2D eigenvalue weighted by Gasteiger charge is 2.09. The summed E-state index contributed by atoms with van der Waals surface area (Å²) in [5, 5.41) is 3.10. The number of hydrogen-bond acceptors (Lipinski definition) is 3. The molecule has 0 amide bonds. The van der Waals surface area contributed by atoms with E-state index in [2.05, 4.69) is 22.6 Å². The van der Waals surface area contributed by atoms with Crippen molar-refractivity contribution in [3.8, 4) is 5.75 Å². The van der Waals surface area contributed by atoms with Crippen LogP contribution in [-0.4, -0.2) is 6.61 Å². The summed E-state index contributed by atoms with van der Waals surface area (Å²) in [6, 6.07) is 4.00. The Morgan fingerprint density at radius 1 is 1.50 bits per heavy atom. The molecule has 0 aliphatic carbocycles. The predicted octanol–water partition coefficient (Wildman–Crippen LogP) is 3.49. The lowest BCUT2D eigenvalue weighted by Crippen LogP contribution is -1.93. The Balaban J connectivity index is 2.63. The number of ether oxygens (including phenoxy) is 1. The molecule has 0 fully saturated rings. The monoisotopic (exact) mass is 319 g/mol. The fraction of sp³-hybridized carbons (Fsp3) is 0.200. The number of fused-ring (bicyclic) bond motifs is 1. The first kappa shape index (κ1) is 10.0. The average molecular weight is 319 g/mol. The van der Waals surface area contributed by atoms with Crippen molar-refractivity contribution in [3.63, 3.8) is 0 Å². The maximum atomic E-state index is 5.84. The lowest BCUT2D eigenvalue weighted by atomic mass is 10.2. The number of halogens is 1. The van der Waals surface area contributed by atoms with Gasteiger partial charge in [0.2, 0.25) is 0 Å². The van der Waals surface area contributed by atoms with Gasteiger partial charge in [0.15, 0.2) is 0 Å². The van der Waals surface area contributed by atoms with E-state index in [0.717, 1.165) is 20.4 Å². The number of benzene rings is 1. The first-order valence-corrected chi connectivity index (χ1v) is 6.28. The second kappa shape index (κ2) is 3.94. The minimum Gasteiger partial charge on any atom is -0.493 e. The summed E-state index contributed by atoms with van der Waals surface area (Å²) in [6.45, 7) is 2.69. The van der Waals surface area contributed by atoms with E-state index in [9.17, 15) is 0 Å². The highest BCUT2D eigenvalue weighted by atomic mass is 127. The zero-order valence-electron chi connectivity index (χ0n) is 7.71. The first-order valence-electron chi connectivity index (χ1n) is 4.32. The van der Waals surface area contributed by atoms with Gasteiger partial charge in [0.05, 0.1) is 20.6 Å². The summed E-state index contributed by atoms with van der Waals surface area (Å²) in [4.78, 5) is 0. The van der Waals surface area contributed by atoms with E-state index in [-0.39, 0.29) is 0 Å². The normalized spacial score (nSPS) is 10.7. The van der Waals surface area contributed by atoms with E-state index in [4.69, 9.17) is 10.5 Å². The van der Waals surface area contributed by atoms with E-state index in [1.165, 1.54) is 4.70 Å². The molecule has 0 spiro atoms. The van der Waals surface area contributed by atoms with Crippen molar-refractivity contribution in [1.82, 2.24) is 0 Å². The fourth-order valence-electron chi connectivity index (χ4n) is 1.33. The molecule has 0 aliphatic heterocycles. The number of hydrogen-bond donors (Lipinski definition) is 1. The Morgan fingerprint density at radius 3 is 3.00 bits per heavy atom. The van der Waals surface area contributed by atoms with Crippen molar-refractivity contribution in [3.05, 3.63) is 21.1 Å². The summed E-state index contributed by atoms with van der Waals surface area (Å²) in [5.41, 5.74) is 6.69. The van der Waals surface area contributed by atoms with E-state index in [1.54, 1.807) is 11.3 Å². The van der Waals surface area contributed by atoms with E-state index in [1.807, 2.05) is 24.4 Å². The highest BCUT2D eigenvalue weighted by Crippen LogP contribution is 2.36. The van der Waals surface area contributed by atoms with Crippen LogP contribution in [0.15, 0.2) is 17.5 Å². The van der Waals surface area contributed by atoms with Gasteiger partial charge in [-0.15, -0.1) is 11.3 Å². The van der Waals surface area contributed by atoms with Crippen molar-refractivity contribution in [2.45, 2.75) is 6.92 Å². The standard InChI is InChI=1S/C10H10INOS/c1-2-13-8-4-3-6-7(12)5-14-10(6)9(8)11/h3-5H,2,12H2,1H3. The summed E-state index contributed by atoms with van der Waals surface area (Å²) < 4.78 is 7.89. The first-order chi connectivity index (χ1) is 6.74. The molecule has 1 aromatic carbocycles. The molecule has 0 unspecified atom stereocenters. The van der Waals surface area contributed by atoms with Gasteiger partial charge in [-0.3, -0.25) is 0 Å². The Morgan fingerprint density at radius 2 is 2.29 bits per heavy atom. The molecule has 1 heterocycles. The van der Waals surface area contributed by atoms with E-state index < -0.39 is 0 Å². The molecule has 1 aromatic heterocycles. The van der Waals surface area contributed by atoms with Crippen molar-refractivity contribution in [1.29, 1.82) is 0 Å². The van der Waals surface area contributed by atoms with Gasteiger partial charge < -0.3 is 10.5 Å². The third-order valence-corrected chi connectivity index (χ3v) is 4.44. The van der Waals surface area contributed by atoms with Gasteiger partial charge in [0.25, 0.3) is 0 Å². The lowest BCUT2D eigenvalue weighted by molar-refractivity contribution is 0.338. The Kier molecular flexibility index (Phi) is 2.83. The van der Waals surface area contributed by atoms with Crippen LogP contribution in [0.5, 0.6) is 5.75 Å². The van der Waals surface area contributed by atoms with Gasteiger partial charge in [-0.25, -0.2) is 0 Å². The van der Waals surface area contributed by atoms with Crippen LogP contribution in [0.3, 0.4) is 0 Å². The lowest BCUT2D eigenvalue weighted by Gasteiger charge is -2.05. The van der Waals surface area contributed by atoms with Gasteiger partial charge in [0.1, 0.15) is 5.75 Å². The SMILES string of the molecule is CCOc1ccc2c(N)csc2c1I. The van der Waals surface area contributed by atoms with Crippen molar-refractivity contribution in [2.75, 3.05) is 12.3 Å². The molecule has 0 atom stereocenters. The van der Waals surface area contributed by atoms with Crippen LogP contribution < -0.4 is 10.5 Å². The second-order valence-corrected chi connectivity index (χ2v) is 4.84. The Labute approximate surface area is 100 Å². The average Bonchev–Trinajstić information content (AvgIpc) is 2.54. The van der Waals surface area contributed by atoms with Crippen molar-refractivity contribution in [2.24, 2.45) is 0 Å². The van der Waals surface area contributed by atoms with Crippen LogP contribution in [0, 0.1) is 3.57 Å². The fourth-order valence-corrected chi connectivity index (χ4v) is 3.23. The third-order valence-electron chi connectivity index (χ3n) is 1.98. The second-order valence-electron chi connectivity index (χ2n) is 2.88. The zero-order chi connectivity index (χ0) is 10.1. The molecule has 2 nitrogen and oxygen atoms in total. The van der Waals surface area contributed by atoms with Crippen LogP contribution in [0.25, 0.3) is 10.1 Å².